The van der Waals surface area contributed by atoms with E-state index in [1.165, 1.54) is 13.8 Å². The minimum Gasteiger partial charge on any atom is -0.479 e. The van der Waals surface area contributed by atoms with Gasteiger partial charge in [-0.2, -0.15) is 0 Å². The van der Waals surface area contributed by atoms with Gasteiger partial charge in [0.1, 0.15) is 42.3 Å². The molecular weight excluding hydrogens is 1040 g/mol. The Labute approximate surface area is 458 Å². The molecule has 0 radical (unpaired) electrons. The zero-order valence-corrected chi connectivity index (χ0v) is 44.7. The average molecular weight is 1110 g/mol. The molecule has 1 aliphatic heterocycles. The van der Waals surface area contributed by atoms with Crippen molar-refractivity contribution >= 4 is 85.7 Å². The maximum atomic E-state index is 14.9. The summed E-state index contributed by atoms with van der Waals surface area (Å²) in [4.78, 5) is 130. The van der Waals surface area contributed by atoms with Crippen LogP contribution in [-0.4, -0.2) is 134 Å². The first-order valence-electron chi connectivity index (χ1n) is 25.4. The average Bonchev–Trinajstić information content (AvgIpc) is 3.83. The van der Waals surface area contributed by atoms with Crippen molar-refractivity contribution in [2.24, 2.45) is 5.73 Å². The molecule has 4 aromatic carbocycles. The first-order valence-corrected chi connectivity index (χ1v) is 27.8. The normalized spacial score (nSPS) is 23.1. The van der Waals surface area contributed by atoms with E-state index in [-0.39, 0.29) is 44.4 Å². The Morgan fingerprint density at radius 3 is 1.54 bits per heavy atom. The Morgan fingerprint density at radius 1 is 0.590 bits per heavy atom. The third-order valence-electron chi connectivity index (χ3n) is 12.7. The van der Waals surface area contributed by atoms with Gasteiger partial charge in [-0.1, -0.05) is 131 Å². The number of aliphatic carboxylic acids is 1. The number of carboxylic acid groups (broad SMARTS) is 1. The van der Waals surface area contributed by atoms with Gasteiger partial charge in [0, 0.05) is 55.5 Å². The van der Waals surface area contributed by atoms with Gasteiger partial charge in [0.05, 0.1) is 6.10 Å². The number of nitrogens with two attached hydrogens (primary N) is 1. The number of benzene rings is 4. The van der Waals surface area contributed by atoms with E-state index in [1.807, 2.05) is 24.3 Å². The van der Waals surface area contributed by atoms with Crippen molar-refractivity contribution in [2.75, 3.05) is 12.3 Å². The largest absolute Gasteiger partial charge is 0.479 e. The second kappa shape index (κ2) is 29.7. The van der Waals surface area contributed by atoms with Crippen molar-refractivity contribution in [2.45, 2.75) is 113 Å². The molecule has 1 fully saturated rings. The third-order valence-corrected chi connectivity index (χ3v) is 15.2. The summed E-state index contributed by atoms with van der Waals surface area (Å²) in [6.07, 6.45) is 0.384. The van der Waals surface area contributed by atoms with Crippen LogP contribution in [-0.2, 0) is 68.8 Å². The Bertz CT molecular complexity index is 2860. The van der Waals surface area contributed by atoms with E-state index >= 15 is 0 Å². The second-order valence-electron chi connectivity index (χ2n) is 18.8. The molecule has 9 atom stereocenters. The van der Waals surface area contributed by atoms with Crippen LogP contribution in [0.2, 0.25) is 0 Å². The summed E-state index contributed by atoms with van der Waals surface area (Å²) in [7, 11) is 1.45. The van der Waals surface area contributed by atoms with Crippen molar-refractivity contribution in [1.82, 2.24) is 47.5 Å². The number of amides is 8. The molecule has 78 heavy (non-hydrogen) atoms. The molecule has 6 rings (SSSR count). The smallest absolute Gasteiger partial charge is 0.337 e. The van der Waals surface area contributed by atoms with Crippen molar-refractivity contribution in [1.29, 1.82) is 0 Å². The van der Waals surface area contributed by atoms with Gasteiger partial charge < -0.3 is 63.5 Å². The number of unbranched alkanes of at least 4 members (excludes halogenated alkanes) is 1. The Morgan fingerprint density at radius 2 is 1.04 bits per heavy atom. The number of aliphatic hydroxyl groups excluding tert-OH is 1. The van der Waals surface area contributed by atoms with Gasteiger partial charge in [0.25, 0.3) is 0 Å². The van der Waals surface area contributed by atoms with Gasteiger partial charge >= 0.3 is 5.97 Å². The van der Waals surface area contributed by atoms with E-state index in [0.717, 1.165) is 21.7 Å². The molecule has 1 aromatic heterocycles. The molecule has 21 nitrogen and oxygen atoms in total. The molecule has 0 bridgehead atoms. The highest BCUT2D eigenvalue weighted by Crippen LogP contribution is 2.27. The number of para-hydroxylation sites is 1. The topological polar surface area (TPSA) is 332 Å². The molecule has 0 spiro atoms. The number of hydrogen-bond donors (Lipinski definition) is 12. The number of hydrogen-bond acceptors (Lipinski definition) is 13. The quantitative estimate of drug-likeness (QED) is 0.0520. The van der Waals surface area contributed by atoms with Gasteiger partial charge in [-0.05, 0) is 61.1 Å². The first-order chi connectivity index (χ1) is 37.5. The van der Waals surface area contributed by atoms with Crippen LogP contribution in [0.4, 0.5) is 0 Å². The predicted molar refractivity (Wildman–Crippen MR) is 296 cm³/mol. The Kier molecular flexibility index (Phi) is 22.7. The number of carbonyl (C=O) groups is 9. The fraction of sp³-hybridized carbons (Fsp3) is 0.364. The lowest BCUT2D eigenvalue weighted by atomic mass is 10.00. The highest BCUT2D eigenvalue weighted by molar-refractivity contribution is 8.77. The van der Waals surface area contributed by atoms with E-state index in [4.69, 9.17) is 5.73 Å². The molecule has 0 unspecified atom stereocenters. The van der Waals surface area contributed by atoms with Crippen molar-refractivity contribution in [3.8, 4) is 0 Å². The Hall–Kier alpha value is -7.73. The summed E-state index contributed by atoms with van der Waals surface area (Å²) in [6, 6.07) is 23.1. The lowest BCUT2D eigenvalue weighted by Crippen LogP contribution is -2.62. The zero-order valence-electron chi connectivity index (χ0n) is 43.1. The number of aromatic nitrogens is 1. The lowest BCUT2D eigenvalue weighted by molar-refractivity contribution is -0.140. The molecule has 5 aromatic rings. The molecule has 1 saturated heterocycles. The van der Waals surface area contributed by atoms with Crippen LogP contribution in [0.25, 0.3) is 10.9 Å². The van der Waals surface area contributed by atoms with Gasteiger partial charge in [0.15, 0.2) is 5.37 Å². The van der Waals surface area contributed by atoms with Crippen LogP contribution in [0.5, 0.6) is 0 Å². The maximum absolute atomic E-state index is 14.9. The number of aromatic amines is 1. The molecule has 23 heteroatoms. The lowest BCUT2D eigenvalue weighted by Gasteiger charge is -2.29. The zero-order chi connectivity index (χ0) is 56.1. The van der Waals surface area contributed by atoms with Crippen molar-refractivity contribution < 1.29 is 53.4 Å². The summed E-state index contributed by atoms with van der Waals surface area (Å²) in [5.41, 5.74) is 8.99. The first kappa shape index (κ1) is 59.5. The summed E-state index contributed by atoms with van der Waals surface area (Å²) < 4.78 is 0. The fourth-order valence-corrected chi connectivity index (χ4v) is 10.9. The standard InChI is InChI=1S/C55H66N10O11S2/c1-32(66)46-53(74)63-43(28-36-20-10-5-11-21-36)51(72)65-54(55(75)76)78-77-31-45(58-33(2)67)52(73)61-42(27-35-18-8-4-9-19-35)48(69)60-41(26-34-16-6-3-7-17-34)49(70)62-44(29-37-30-57-39-23-13-12-22-38(37)39)50(71)59-40(47(68)64-46)24-14-15-25-56/h3-13,16-23,30,32,40-46,54,57,66H,14-15,24-29,31,56H2,1-2H3,(H,58,67)(H,59,71)(H,60,69)(H,61,73)(H,62,70)(H,63,74)(H,64,68)(H,65,72)(H,75,76)/t32-,40+,41+,42+,43+,44-,45+,46+,54-/m1/s1. The van der Waals surface area contributed by atoms with Gasteiger partial charge in [-0.3, -0.25) is 38.4 Å². The molecular formula is C55H66N10O11S2. The predicted octanol–water partition coefficient (Wildman–Crippen LogP) is 1.28. The number of nitrogens with one attached hydrogen (secondary N) is 9. The fourth-order valence-electron chi connectivity index (χ4n) is 8.64. The van der Waals surface area contributed by atoms with Gasteiger partial charge in [-0.15, -0.1) is 0 Å². The van der Waals surface area contributed by atoms with Gasteiger partial charge in [-0.25, -0.2) is 4.79 Å². The number of aliphatic hydroxyl groups is 1. The number of H-pyrrole nitrogens is 1. The van der Waals surface area contributed by atoms with E-state index in [9.17, 15) is 53.4 Å². The summed E-state index contributed by atoms with van der Waals surface area (Å²) >= 11 is 0. The van der Waals surface area contributed by atoms with Gasteiger partial charge in [0.2, 0.25) is 47.3 Å². The number of rotatable bonds is 15. The van der Waals surface area contributed by atoms with Crippen LogP contribution in [0.3, 0.4) is 0 Å². The molecule has 1 aliphatic rings. The van der Waals surface area contributed by atoms with Crippen LogP contribution >= 0.6 is 21.6 Å². The number of carbonyl (C=O) groups excluding carboxylic acids is 8. The van der Waals surface area contributed by atoms with E-state index in [2.05, 4.69) is 47.5 Å². The third kappa shape index (κ3) is 17.9. The molecule has 8 amide bonds. The summed E-state index contributed by atoms with van der Waals surface area (Å²) in [5.74, 6) is -8.55. The van der Waals surface area contributed by atoms with Crippen molar-refractivity contribution in [3.05, 3.63) is 144 Å². The second-order valence-corrected chi connectivity index (χ2v) is 21.3. The molecule has 13 N–H and O–H groups in total. The van der Waals surface area contributed by atoms with Crippen LogP contribution in [0.15, 0.2) is 121 Å². The van der Waals surface area contributed by atoms with Crippen LogP contribution < -0.4 is 48.3 Å². The van der Waals surface area contributed by atoms with E-state index < -0.39 is 107 Å². The molecule has 0 aliphatic carbocycles. The number of fused-ring (bicyclic) bond motifs is 1. The number of carboxylic acids is 1. The summed E-state index contributed by atoms with van der Waals surface area (Å²) in [6.45, 7) is 2.65. The monoisotopic (exact) mass is 1110 g/mol. The van der Waals surface area contributed by atoms with Crippen molar-refractivity contribution in [3.63, 3.8) is 0 Å². The molecule has 0 saturated carbocycles. The van der Waals surface area contributed by atoms with Crippen LogP contribution in [0, 0.1) is 0 Å². The maximum Gasteiger partial charge on any atom is 0.337 e. The highest BCUT2D eigenvalue weighted by atomic mass is 33.1. The highest BCUT2D eigenvalue weighted by Gasteiger charge is 2.37. The minimum atomic E-state index is -1.72. The SMILES string of the molecule is CC(=O)N[C@H]1CSS[C@H](C(=O)O)NC(=O)[C@H](Cc2ccccc2)NC(=O)[C@H]([C@@H](C)O)NC(=O)[C@H](CCCCN)NC(=O)[C@@H](Cc2c[nH]c3ccccc23)NC(=O)[C@H](Cc2ccccc2)NC(=O)[C@H](Cc2ccccc2)NC1=O. The Balaban J connectivity index is 1.43. The minimum absolute atomic E-state index is 0.00796. The molecule has 414 valence electrons. The van der Waals surface area contributed by atoms with E-state index in [1.54, 1.807) is 97.2 Å². The van der Waals surface area contributed by atoms with E-state index in [0.29, 0.717) is 45.9 Å². The summed E-state index contributed by atoms with van der Waals surface area (Å²) in [5, 5.41) is 41.6. The molecule has 2 heterocycles. The van der Waals surface area contributed by atoms with Crippen LogP contribution in [0.1, 0.15) is 55.4 Å².